The van der Waals surface area contributed by atoms with Crippen LogP contribution in [0.5, 0.6) is 23.0 Å². The molecular weight excluding hydrogens is 510 g/mol. The summed E-state index contributed by atoms with van der Waals surface area (Å²) in [6.07, 6.45) is -0.812. The Morgan fingerprint density at radius 2 is 1.56 bits per heavy atom. The van der Waals surface area contributed by atoms with Crippen molar-refractivity contribution in [3.63, 3.8) is 0 Å². The molecule has 14 heteroatoms. The topological polar surface area (TPSA) is 162 Å². The van der Waals surface area contributed by atoms with Crippen LogP contribution < -0.4 is 73.3 Å². The number of phenolic OH excluding ortho intramolecular Hbond substituents is 1. The van der Waals surface area contributed by atoms with Crippen molar-refractivity contribution in [2.75, 3.05) is 25.7 Å². The van der Waals surface area contributed by atoms with Crippen LogP contribution in [-0.4, -0.2) is 62.9 Å². The van der Waals surface area contributed by atoms with Crippen molar-refractivity contribution in [2.45, 2.75) is 25.4 Å². The van der Waals surface area contributed by atoms with E-state index in [4.69, 9.17) is 14.2 Å². The van der Waals surface area contributed by atoms with E-state index in [1.807, 2.05) is 0 Å². The van der Waals surface area contributed by atoms with Gasteiger partial charge >= 0.3 is 59.1 Å². The Hall–Kier alpha value is -0.540. The third-order valence-electron chi connectivity index (χ3n) is 4.52. The molecule has 10 nitrogen and oxygen atoms in total. The molecule has 0 aromatic heterocycles. The molecule has 0 saturated carbocycles. The van der Waals surface area contributed by atoms with E-state index in [0.717, 1.165) is 0 Å². The zero-order valence-corrected chi connectivity index (χ0v) is 25.1. The SMILES string of the molecule is COc1cc(CCCS(=O)(=O)[O-])ccc1OC(Cc1cccc(OC)c1O)CS(=O)(=O)[O-].[Na+].[Na+]. The summed E-state index contributed by atoms with van der Waals surface area (Å²) in [5, 5.41) is 10.3. The summed E-state index contributed by atoms with van der Waals surface area (Å²) in [6.45, 7) is 0. The summed E-state index contributed by atoms with van der Waals surface area (Å²) in [7, 11) is -6.24. The smallest absolute Gasteiger partial charge is 0.748 e. The Morgan fingerprint density at radius 3 is 2.12 bits per heavy atom. The van der Waals surface area contributed by atoms with E-state index in [9.17, 15) is 31.0 Å². The molecule has 0 aliphatic heterocycles. The zero-order chi connectivity index (χ0) is 23.9. The molecule has 1 unspecified atom stereocenters. The molecule has 0 radical (unpaired) electrons. The second-order valence-electron chi connectivity index (χ2n) is 6.99. The molecule has 0 heterocycles. The number of phenols is 1. The van der Waals surface area contributed by atoms with Crippen LogP contribution in [-0.2, 0) is 33.1 Å². The van der Waals surface area contributed by atoms with Crippen LogP contribution >= 0.6 is 0 Å². The number of rotatable bonds is 12. The summed E-state index contributed by atoms with van der Waals surface area (Å²) >= 11 is 0. The van der Waals surface area contributed by atoms with Crippen LogP contribution in [0.1, 0.15) is 17.5 Å². The average Bonchev–Trinajstić information content (AvgIpc) is 2.68. The van der Waals surface area contributed by atoms with Crippen molar-refractivity contribution in [1.82, 2.24) is 0 Å². The van der Waals surface area contributed by atoms with E-state index in [-0.39, 0.29) is 95.0 Å². The molecule has 0 aliphatic rings. The van der Waals surface area contributed by atoms with Crippen molar-refractivity contribution in [1.29, 1.82) is 0 Å². The number of methoxy groups -OCH3 is 2. The molecule has 0 fully saturated rings. The van der Waals surface area contributed by atoms with Gasteiger partial charge in [-0.2, -0.15) is 0 Å². The predicted molar refractivity (Wildman–Crippen MR) is 113 cm³/mol. The minimum absolute atomic E-state index is 0. The molecule has 0 bridgehead atoms. The summed E-state index contributed by atoms with van der Waals surface area (Å²) in [4.78, 5) is 0. The Kier molecular flexibility index (Phi) is 14.6. The van der Waals surface area contributed by atoms with Crippen molar-refractivity contribution in [2.24, 2.45) is 0 Å². The number of aryl methyl sites for hydroxylation is 1. The first-order chi connectivity index (χ1) is 14.9. The number of ether oxygens (including phenoxy) is 3. The van der Waals surface area contributed by atoms with Gasteiger partial charge in [-0.15, -0.1) is 0 Å². The van der Waals surface area contributed by atoms with Gasteiger partial charge in [0.05, 0.1) is 40.2 Å². The molecule has 0 spiro atoms. The van der Waals surface area contributed by atoms with Crippen molar-refractivity contribution < 1.29 is 104 Å². The fraction of sp³-hybridized carbons (Fsp3) is 0.400. The van der Waals surface area contributed by atoms with Gasteiger partial charge in [-0.05, 0) is 36.6 Å². The Bertz CT molecular complexity index is 1140. The van der Waals surface area contributed by atoms with Crippen LogP contribution in [0.2, 0.25) is 0 Å². The van der Waals surface area contributed by atoms with Gasteiger partial charge in [-0.25, -0.2) is 16.8 Å². The van der Waals surface area contributed by atoms with Gasteiger partial charge in [0, 0.05) is 17.7 Å². The molecule has 0 saturated heterocycles. The van der Waals surface area contributed by atoms with Crippen molar-refractivity contribution in [3.05, 3.63) is 47.5 Å². The van der Waals surface area contributed by atoms with Crippen LogP contribution in [0.3, 0.4) is 0 Å². The van der Waals surface area contributed by atoms with Gasteiger partial charge in [0.1, 0.15) is 6.10 Å². The molecule has 34 heavy (non-hydrogen) atoms. The number of benzene rings is 2. The minimum atomic E-state index is -4.66. The number of para-hydroxylation sites is 1. The first-order valence-corrected chi connectivity index (χ1v) is 12.6. The first-order valence-electron chi connectivity index (χ1n) is 9.47. The largest absolute Gasteiger partial charge is 1.00 e. The monoisotopic (exact) mass is 534 g/mol. The van der Waals surface area contributed by atoms with Gasteiger partial charge in [-0.1, -0.05) is 18.2 Å². The molecule has 2 aromatic rings. The predicted octanol–water partition coefficient (Wildman–Crippen LogP) is -4.57. The molecule has 0 amide bonds. The van der Waals surface area contributed by atoms with Crippen LogP contribution in [0.25, 0.3) is 0 Å². The summed E-state index contributed by atoms with van der Waals surface area (Å²) in [5.41, 5.74) is 1.00. The van der Waals surface area contributed by atoms with Crippen LogP contribution in [0, 0.1) is 0 Å². The quantitative estimate of drug-likeness (QED) is 0.207. The summed E-state index contributed by atoms with van der Waals surface area (Å²) in [5.74, 6) is -0.966. The van der Waals surface area contributed by atoms with Crippen molar-refractivity contribution >= 4 is 20.2 Å². The Morgan fingerprint density at radius 1 is 0.912 bits per heavy atom. The minimum Gasteiger partial charge on any atom is -0.748 e. The molecule has 2 aromatic carbocycles. The van der Waals surface area contributed by atoms with E-state index in [1.54, 1.807) is 24.3 Å². The van der Waals surface area contributed by atoms with Gasteiger partial charge in [-0.3, -0.25) is 0 Å². The van der Waals surface area contributed by atoms with Gasteiger partial charge < -0.3 is 28.4 Å². The second-order valence-corrected chi connectivity index (χ2v) is 9.96. The van der Waals surface area contributed by atoms with Gasteiger partial charge in [0.2, 0.25) is 0 Å². The van der Waals surface area contributed by atoms with E-state index in [0.29, 0.717) is 17.5 Å². The maximum atomic E-state index is 11.4. The molecular formula is C20H24Na2O10S2. The Balaban J connectivity index is 0.00000544. The fourth-order valence-electron chi connectivity index (χ4n) is 3.10. The number of hydrogen-bond acceptors (Lipinski definition) is 10. The standard InChI is InChI=1S/C20H26O10S2.2Na/c1-28-18-7-3-6-15(20(18)21)12-16(13-32(25,26)27)30-17-9-8-14(11-19(17)29-2)5-4-10-31(22,23)24;;/h3,6-9,11,16,21H,4-5,10,12-13H2,1-2H3,(H,22,23,24)(H,25,26,27);;/q;2*+1/p-2. The summed E-state index contributed by atoms with van der Waals surface area (Å²) in [6, 6.07) is 9.36. The number of hydrogen-bond donors (Lipinski definition) is 1. The zero-order valence-electron chi connectivity index (χ0n) is 19.5. The van der Waals surface area contributed by atoms with E-state index in [1.165, 1.54) is 26.4 Å². The molecule has 178 valence electrons. The van der Waals surface area contributed by atoms with E-state index in [2.05, 4.69) is 0 Å². The van der Waals surface area contributed by atoms with E-state index < -0.39 is 37.8 Å². The maximum absolute atomic E-state index is 11.4. The fourth-order valence-corrected chi connectivity index (χ4v) is 4.24. The normalized spacial score (nSPS) is 12.1. The molecule has 2 rings (SSSR count). The summed E-state index contributed by atoms with van der Waals surface area (Å²) < 4.78 is 82.5. The van der Waals surface area contributed by atoms with Crippen molar-refractivity contribution in [3.8, 4) is 23.0 Å². The second kappa shape index (κ2) is 14.9. The van der Waals surface area contributed by atoms with Crippen LogP contribution in [0.15, 0.2) is 36.4 Å². The molecule has 1 N–H and O–H groups in total. The third kappa shape index (κ3) is 11.5. The number of aromatic hydroxyl groups is 1. The Labute approximate surface area is 244 Å². The third-order valence-corrected chi connectivity index (χ3v) is 6.09. The van der Waals surface area contributed by atoms with E-state index >= 15 is 0 Å². The maximum Gasteiger partial charge on any atom is 1.00 e. The van der Waals surface area contributed by atoms with Crippen LogP contribution in [0.4, 0.5) is 0 Å². The first kappa shape index (κ1) is 33.5. The van der Waals surface area contributed by atoms with Gasteiger partial charge in [0.25, 0.3) is 0 Å². The molecule has 1 atom stereocenters. The average molecular weight is 535 g/mol. The van der Waals surface area contributed by atoms with Gasteiger partial charge in [0.15, 0.2) is 23.0 Å². The molecule has 0 aliphatic carbocycles.